The topological polar surface area (TPSA) is 9.23 Å². The molecule has 0 bridgehead atoms. The standard InChI is InChI=1S/C11H18OSi/c1-10(12-13)6-5-9-11-7-3-2-4-8-11/h2-4,7-8,10H,5-6,9H2,1,13H3. The first-order valence-corrected chi connectivity index (χ1v) is 5.71. The first-order chi connectivity index (χ1) is 6.33. The number of hydrogen-bond donors (Lipinski definition) is 0. The second-order valence-corrected chi connectivity index (χ2v) is 3.90. The van der Waals surface area contributed by atoms with Gasteiger partial charge in [0.25, 0.3) is 0 Å². The van der Waals surface area contributed by atoms with Crippen molar-refractivity contribution in [2.24, 2.45) is 0 Å². The third kappa shape index (κ3) is 4.25. The zero-order chi connectivity index (χ0) is 9.52. The van der Waals surface area contributed by atoms with Crippen LogP contribution in [-0.2, 0) is 10.8 Å². The molecular formula is C11H18OSi. The molecule has 1 aromatic rings. The highest BCUT2D eigenvalue weighted by Gasteiger charge is 1.98. The largest absolute Gasteiger partial charge is 0.425 e. The molecule has 13 heavy (non-hydrogen) atoms. The molecule has 0 amide bonds. The number of benzene rings is 1. The molecule has 1 unspecified atom stereocenters. The van der Waals surface area contributed by atoms with Crippen molar-refractivity contribution in [1.29, 1.82) is 0 Å². The fourth-order valence-electron chi connectivity index (χ4n) is 1.36. The van der Waals surface area contributed by atoms with E-state index in [1.165, 1.54) is 24.8 Å². The van der Waals surface area contributed by atoms with Gasteiger partial charge in [0.1, 0.15) is 10.5 Å². The maximum Gasteiger partial charge on any atom is 0.146 e. The van der Waals surface area contributed by atoms with Crippen molar-refractivity contribution in [3.63, 3.8) is 0 Å². The second-order valence-electron chi connectivity index (χ2n) is 3.42. The maximum absolute atomic E-state index is 5.33. The van der Waals surface area contributed by atoms with Gasteiger partial charge in [0.05, 0.1) is 0 Å². The average Bonchev–Trinajstić information content (AvgIpc) is 2.19. The van der Waals surface area contributed by atoms with Gasteiger partial charge in [0.15, 0.2) is 0 Å². The summed E-state index contributed by atoms with van der Waals surface area (Å²) in [5, 5.41) is 0. The van der Waals surface area contributed by atoms with Gasteiger partial charge in [-0.25, -0.2) is 0 Å². The van der Waals surface area contributed by atoms with Crippen molar-refractivity contribution in [1.82, 2.24) is 0 Å². The summed E-state index contributed by atoms with van der Waals surface area (Å²) in [6.45, 7) is 2.15. The van der Waals surface area contributed by atoms with Crippen LogP contribution in [0.4, 0.5) is 0 Å². The Morgan fingerprint density at radius 3 is 2.62 bits per heavy atom. The van der Waals surface area contributed by atoms with E-state index >= 15 is 0 Å². The summed E-state index contributed by atoms with van der Waals surface area (Å²) in [5.41, 5.74) is 1.43. The number of aryl methyl sites for hydroxylation is 1. The Hall–Kier alpha value is -0.603. The fraction of sp³-hybridized carbons (Fsp3) is 0.455. The van der Waals surface area contributed by atoms with E-state index in [1.54, 1.807) is 0 Å². The lowest BCUT2D eigenvalue weighted by Gasteiger charge is -2.08. The summed E-state index contributed by atoms with van der Waals surface area (Å²) < 4.78 is 5.33. The smallest absolute Gasteiger partial charge is 0.146 e. The summed E-state index contributed by atoms with van der Waals surface area (Å²) in [6.07, 6.45) is 4.04. The van der Waals surface area contributed by atoms with Gasteiger partial charge in [-0.1, -0.05) is 30.3 Å². The molecule has 0 saturated heterocycles. The van der Waals surface area contributed by atoms with E-state index in [9.17, 15) is 0 Å². The Morgan fingerprint density at radius 2 is 2.00 bits per heavy atom. The molecule has 2 heteroatoms. The molecule has 0 N–H and O–H groups in total. The van der Waals surface area contributed by atoms with Gasteiger partial charge in [0.2, 0.25) is 0 Å². The molecule has 1 aromatic carbocycles. The summed E-state index contributed by atoms with van der Waals surface area (Å²) >= 11 is 0. The van der Waals surface area contributed by atoms with E-state index in [-0.39, 0.29) is 0 Å². The number of hydrogen-bond acceptors (Lipinski definition) is 1. The Kier molecular flexibility index (Phi) is 4.79. The molecule has 1 nitrogen and oxygen atoms in total. The number of rotatable bonds is 5. The monoisotopic (exact) mass is 194 g/mol. The van der Waals surface area contributed by atoms with Crippen molar-refractivity contribution in [2.45, 2.75) is 32.3 Å². The first-order valence-electron chi connectivity index (χ1n) is 4.89. The van der Waals surface area contributed by atoms with E-state index in [0.717, 1.165) is 10.5 Å². The fourth-order valence-corrected chi connectivity index (χ4v) is 1.59. The van der Waals surface area contributed by atoms with E-state index in [2.05, 4.69) is 37.3 Å². The molecule has 0 saturated carbocycles. The summed E-state index contributed by atoms with van der Waals surface area (Å²) in [4.78, 5) is 0. The molecule has 0 heterocycles. The Morgan fingerprint density at radius 1 is 1.31 bits per heavy atom. The highest BCUT2D eigenvalue weighted by atomic mass is 28.2. The van der Waals surface area contributed by atoms with Gasteiger partial charge in [-0.3, -0.25) is 0 Å². The van der Waals surface area contributed by atoms with Crippen LogP contribution < -0.4 is 0 Å². The minimum absolute atomic E-state index is 0.454. The Labute approximate surface area is 83.7 Å². The first kappa shape index (κ1) is 10.5. The van der Waals surface area contributed by atoms with Crippen LogP contribution in [0.1, 0.15) is 25.3 Å². The minimum atomic E-state index is 0.454. The lowest BCUT2D eigenvalue weighted by atomic mass is 10.1. The molecule has 0 aliphatic carbocycles. The molecule has 0 spiro atoms. The van der Waals surface area contributed by atoms with Crippen molar-refractivity contribution < 1.29 is 4.43 Å². The van der Waals surface area contributed by atoms with Crippen LogP contribution in [0.15, 0.2) is 30.3 Å². The van der Waals surface area contributed by atoms with Crippen LogP contribution in [0.2, 0.25) is 0 Å². The highest BCUT2D eigenvalue weighted by Crippen LogP contribution is 2.07. The van der Waals surface area contributed by atoms with E-state index < -0.39 is 0 Å². The van der Waals surface area contributed by atoms with E-state index in [0.29, 0.717) is 6.10 Å². The van der Waals surface area contributed by atoms with Crippen molar-refractivity contribution in [3.05, 3.63) is 35.9 Å². The third-order valence-electron chi connectivity index (χ3n) is 2.32. The molecule has 0 aliphatic heterocycles. The van der Waals surface area contributed by atoms with Gasteiger partial charge in [0, 0.05) is 6.10 Å². The van der Waals surface area contributed by atoms with Gasteiger partial charge in [-0.05, 0) is 31.7 Å². The molecule has 0 aliphatic rings. The van der Waals surface area contributed by atoms with Crippen LogP contribution in [0.5, 0.6) is 0 Å². The lowest BCUT2D eigenvalue weighted by Crippen LogP contribution is -2.05. The van der Waals surface area contributed by atoms with Gasteiger partial charge < -0.3 is 4.43 Å². The average molecular weight is 194 g/mol. The quantitative estimate of drug-likeness (QED) is 0.648. The molecule has 0 aromatic heterocycles. The Balaban J connectivity index is 2.20. The zero-order valence-corrected chi connectivity index (χ0v) is 10.5. The summed E-state index contributed by atoms with van der Waals surface area (Å²) in [6, 6.07) is 10.6. The molecular weight excluding hydrogens is 176 g/mol. The molecule has 0 fully saturated rings. The highest BCUT2D eigenvalue weighted by molar-refractivity contribution is 5.98. The van der Waals surface area contributed by atoms with Crippen LogP contribution >= 0.6 is 0 Å². The molecule has 0 radical (unpaired) electrons. The normalized spacial score (nSPS) is 13.0. The molecule has 1 rings (SSSR count). The van der Waals surface area contributed by atoms with Crippen LogP contribution in [0.25, 0.3) is 0 Å². The Bertz CT molecular complexity index is 223. The van der Waals surface area contributed by atoms with Gasteiger partial charge in [-0.2, -0.15) is 0 Å². The SMILES string of the molecule is CC(CCCc1ccccc1)O[SiH3]. The predicted octanol–water partition coefficient (Wildman–Crippen LogP) is 1.69. The van der Waals surface area contributed by atoms with Gasteiger partial charge >= 0.3 is 0 Å². The van der Waals surface area contributed by atoms with Crippen molar-refractivity contribution in [2.75, 3.05) is 0 Å². The van der Waals surface area contributed by atoms with E-state index in [4.69, 9.17) is 4.43 Å². The van der Waals surface area contributed by atoms with E-state index in [1.807, 2.05) is 0 Å². The van der Waals surface area contributed by atoms with Gasteiger partial charge in [-0.15, -0.1) is 0 Å². The minimum Gasteiger partial charge on any atom is -0.425 e. The molecule has 1 atom stereocenters. The van der Waals surface area contributed by atoms with Crippen LogP contribution in [-0.4, -0.2) is 16.6 Å². The maximum atomic E-state index is 5.33. The summed E-state index contributed by atoms with van der Waals surface area (Å²) in [7, 11) is 0.860. The third-order valence-corrected chi connectivity index (χ3v) is 3.13. The second kappa shape index (κ2) is 5.94. The molecule has 72 valence electrons. The van der Waals surface area contributed by atoms with Crippen molar-refractivity contribution >= 4 is 10.5 Å². The lowest BCUT2D eigenvalue weighted by molar-refractivity contribution is 0.228. The predicted molar refractivity (Wildman–Crippen MR) is 59.9 cm³/mol. The summed E-state index contributed by atoms with van der Waals surface area (Å²) in [5.74, 6) is 0. The zero-order valence-electron chi connectivity index (χ0n) is 8.49. The van der Waals surface area contributed by atoms with Crippen LogP contribution in [0.3, 0.4) is 0 Å². The van der Waals surface area contributed by atoms with Crippen LogP contribution in [0, 0.1) is 0 Å². The van der Waals surface area contributed by atoms with Crippen molar-refractivity contribution in [3.8, 4) is 0 Å².